The molecule has 0 spiro atoms. The predicted molar refractivity (Wildman–Crippen MR) is 116 cm³/mol. The second-order valence-corrected chi connectivity index (χ2v) is 7.50. The van der Waals surface area contributed by atoms with Crippen LogP contribution in [0, 0.1) is 12.7 Å². The zero-order valence-electron chi connectivity index (χ0n) is 17.7. The minimum atomic E-state index is -4.52. The number of hydrogen-bond acceptors (Lipinski definition) is 2. The molecule has 166 valence electrons. The molecule has 0 aliphatic carbocycles. The van der Waals surface area contributed by atoms with Crippen LogP contribution in [-0.2, 0) is 11.0 Å². The molecule has 32 heavy (non-hydrogen) atoms. The van der Waals surface area contributed by atoms with E-state index in [-0.39, 0.29) is 33.6 Å². The quantitative estimate of drug-likeness (QED) is 0.318. The van der Waals surface area contributed by atoms with Crippen LogP contribution >= 0.6 is 0 Å². The number of halogens is 4. The summed E-state index contributed by atoms with van der Waals surface area (Å²) in [6.45, 7) is 8.45. The Bertz CT molecular complexity index is 1200. The molecule has 0 saturated heterocycles. The first-order chi connectivity index (χ1) is 14.9. The fourth-order valence-corrected chi connectivity index (χ4v) is 3.48. The van der Waals surface area contributed by atoms with E-state index in [2.05, 4.69) is 6.58 Å². The van der Waals surface area contributed by atoms with Crippen LogP contribution in [0.1, 0.15) is 30.5 Å². The minimum Gasteiger partial charge on any atom is -0.512 e. The summed E-state index contributed by atoms with van der Waals surface area (Å²) in [4.78, 5) is 14.5. The number of rotatable bonds is 3. The predicted octanol–water partition coefficient (Wildman–Crippen LogP) is 6.92. The summed E-state index contributed by atoms with van der Waals surface area (Å²) in [5, 5.41) is 10.3. The van der Waals surface area contributed by atoms with E-state index in [1.165, 1.54) is 43.1 Å². The third-order valence-corrected chi connectivity index (χ3v) is 5.22. The Morgan fingerprint density at radius 3 is 2.34 bits per heavy atom. The van der Waals surface area contributed by atoms with Crippen LogP contribution in [-0.4, -0.2) is 15.9 Å². The van der Waals surface area contributed by atoms with Crippen molar-refractivity contribution in [1.29, 1.82) is 0 Å². The summed E-state index contributed by atoms with van der Waals surface area (Å²) in [6, 6.07) is 6.82. The Hall–Kier alpha value is -3.61. The first kappa shape index (κ1) is 23.1. The second kappa shape index (κ2) is 8.49. The first-order valence-corrected chi connectivity index (χ1v) is 9.67. The molecule has 0 saturated carbocycles. The standard InChI is InChI=1S/C25H21F4NO2/c1-14-6-5-11-30(16(14)3)24(32)23(17(4)31)18-7-10-22(26)21(13-18)20-9-8-19(12-15(20)2)25(27,28)29/h5-13,31H,3H2,1-2,4H3/b23-17+. The van der Waals surface area contributed by atoms with Crippen LogP contribution in [0.25, 0.3) is 16.7 Å². The maximum Gasteiger partial charge on any atom is 0.416 e. The van der Waals surface area contributed by atoms with Gasteiger partial charge in [0.15, 0.2) is 0 Å². The molecule has 1 aliphatic rings. The molecule has 0 atom stereocenters. The van der Waals surface area contributed by atoms with Gasteiger partial charge >= 0.3 is 6.18 Å². The van der Waals surface area contributed by atoms with Crippen LogP contribution < -0.4 is 0 Å². The van der Waals surface area contributed by atoms with Gasteiger partial charge in [-0.15, -0.1) is 0 Å². The molecule has 0 aromatic heterocycles. The summed E-state index contributed by atoms with van der Waals surface area (Å²) >= 11 is 0. The molecule has 7 heteroatoms. The van der Waals surface area contributed by atoms with Gasteiger partial charge in [-0.25, -0.2) is 4.39 Å². The van der Waals surface area contributed by atoms with Gasteiger partial charge in [0.2, 0.25) is 0 Å². The summed E-state index contributed by atoms with van der Waals surface area (Å²) < 4.78 is 53.7. The van der Waals surface area contributed by atoms with E-state index >= 15 is 0 Å². The first-order valence-electron chi connectivity index (χ1n) is 9.67. The molecular weight excluding hydrogens is 422 g/mol. The molecule has 0 radical (unpaired) electrons. The number of aliphatic hydroxyl groups excluding tert-OH is 1. The molecule has 1 N–H and O–H groups in total. The number of benzene rings is 2. The third kappa shape index (κ3) is 4.37. The van der Waals surface area contributed by atoms with Crippen molar-refractivity contribution in [3.05, 3.63) is 101 Å². The lowest BCUT2D eigenvalue weighted by atomic mass is 9.93. The smallest absolute Gasteiger partial charge is 0.416 e. The SMILES string of the molecule is C=C1C(C)=CC=CN1C(=O)/C(=C(\C)O)c1ccc(F)c(-c2ccc(C(F)(F)F)cc2C)c1. The van der Waals surface area contributed by atoms with Crippen LogP contribution in [0.5, 0.6) is 0 Å². The Morgan fingerprint density at radius 1 is 1.06 bits per heavy atom. The van der Waals surface area contributed by atoms with Crippen molar-refractivity contribution in [2.45, 2.75) is 26.9 Å². The van der Waals surface area contributed by atoms with E-state index in [0.29, 0.717) is 5.70 Å². The largest absolute Gasteiger partial charge is 0.512 e. The minimum absolute atomic E-state index is 0.0179. The Morgan fingerprint density at radius 2 is 1.75 bits per heavy atom. The maximum atomic E-state index is 14.7. The Kier molecular flexibility index (Phi) is 6.12. The van der Waals surface area contributed by atoms with Crippen molar-refractivity contribution in [3.8, 4) is 11.1 Å². The molecule has 1 aliphatic heterocycles. The molecule has 1 amide bonds. The lowest BCUT2D eigenvalue weighted by Crippen LogP contribution is -2.28. The molecule has 2 aromatic carbocycles. The molecule has 3 rings (SSSR count). The number of allylic oxidation sites excluding steroid dienone is 4. The Balaban J connectivity index is 2.08. The van der Waals surface area contributed by atoms with Crippen molar-refractivity contribution >= 4 is 11.5 Å². The average molecular weight is 443 g/mol. The van der Waals surface area contributed by atoms with E-state index in [1.54, 1.807) is 19.1 Å². The normalized spacial score (nSPS) is 14.9. The third-order valence-electron chi connectivity index (χ3n) is 5.22. The number of alkyl halides is 3. The summed E-state index contributed by atoms with van der Waals surface area (Å²) in [6.07, 6.45) is 0.431. The zero-order valence-corrected chi connectivity index (χ0v) is 17.7. The van der Waals surface area contributed by atoms with Crippen LogP contribution in [0.4, 0.5) is 17.6 Å². The van der Waals surface area contributed by atoms with Crippen molar-refractivity contribution in [3.63, 3.8) is 0 Å². The number of aryl methyl sites for hydroxylation is 1. The zero-order chi connectivity index (χ0) is 23.8. The fourth-order valence-electron chi connectivity index (χ4n) is 3.48. The van der Waals surface area contributed by atoms with Crippen LogP contribution in [0.3, 0.4) is 0 Å². The van der Waals surface area contributed by atoms with Crippen LogP contribution in [0.2, 0.25) is 0 Å². The van der Waals surface area contributed by atoms with Gasteiger partial charge in [0.05, 0.1) is 11.1 Å². The van der Waals surface area contributed by atoms with E-state index in [1.807, 2.05) is 0 Å². The molecule has 0 fully saturated rings. The van der Waals surface area contributed by atoms with E-state index in [9.17, 15) is 27.5 Å². The van der Waals surface area contributed by atoms with Gasteiger partial charge in [-0.2, -0.15) is 13.2 Å². The van der Waals surface area contributed by atoms with Gasteiger partial charge in [0.1, 0.15) is 11.6 Å². The number of aliphatic hydroxyl groups is 1. The maximum absolute atomic E-state index is 14.7. The highest BCUT2D eigenvalue weighted by Gasteiger charge is 2.31. The number of nitrogens with zero attached hydrogens (tertiary/aromatic N) is 1. The highest BCUT2D eigenvalue weighted by atomic mass is 19.4. The summed E-state index contributed by atoms with van der Waals surface area (Å²) in [7, 11) is 0. The monoisotopic (exact) mass is 443 g/mol. The molecular formula is C25H21F4NO2. The highest BCUT2D eigenvalue weighted by Crippen LogP contribution is 2.35. The summed E-state index contributed by atoms with van der Waals surface area (Å²) in [5.41, 5.74) is 0.992. The molecule has 3 nitrogen and oxygen atoms in total. The Labute approximate surface area is 183 Å². The van der Waals surface area contributed by atoms with Crippen molar-refractivity contribution in [2.75, 3.05) is 0 Å². The average Bonchev–Trinajstić information content (AvgIpc) is 2.70. The topological polar surface area (TPSA) is 40.5 Å². The van der Waals surface area contributed by atoms with Crippen molar-refractivity contribution < 1.29 is 27.5 Å². The lowest BCUT2D eigenvalue weighted by Gasteiger charge is -2.25. The van der Waals surface area contributed by atoms with Crippen molar-refractivity contribution in [2.24, 2.45) is 0 Å². The lowest BCUT2D eigenvalue weighted by molar-refractivity contribution is -0.137. The summed E-state index contributed by atoms with van der Waals surface area (Å²) in [5.74, 6) is -1.52. The van der Waals surface area contributed by atoms with E-state index in [4.69, 9.17) is 0 Å². The molecule has 2 aromatic rings. The molecule has 0 unspecified atom stereocenters. The van der Waals surface area contributed by atoms with Gasteiger partial charge in [-0.1, -0.05) is 24.8 Å². The number of carbonyl (C=O) groups excluding carboxylic acids is 1. The van der Waals surface area contributed by atoms with Crippen molar-refractivity contribution in [1.82, 2.24) is 4.90 Å². The fraction of sp³-hybridized carbons (Fsp3) is 0.160. The molecule has 0 bridgehead atoms. The van der Waals surface area contributed by atoms with Gasteiger partial charge < -0.3 is 5.11 Å². The van der Waals surface area contributed by atoms with Gasteiger partial charge in [0, 0.05) is 17.5 Å². The number of amides is 1. The van der Waals surface area contributed by atoms with Gasteiger partial charge in [0.25, 0.3) is 5.91 Å². The highest BCUT2D eigenvalue weighted by molar-refractivity contribution is 6.21. The number of hydrogen-bond donors (Lipinski definition) is 1. The van der Waals surface area contributed by atoms with Gasteiger partial charge in [-0.3, -0.25) is 9.69 Å². The van der Waals surface area contributed by atoms with Crippen LogP contribution in [0.15, 0.2) is 78.4 Å². The van der Waals surface area contributed by atoms with E-state index in [0.717, 1.165) is 23.8 Å². The molecule has 1 heterocycles. The van der Waals surface area contributed by atoms with E-state index < -0.39 is 23.5 Å². The number of carbonyl (C=O) groups is 1. The van der Waals surface area contributed by atoms with Gasteiger partial charge in [-0.05, 0) is 73.4 Å². The second-order valence-electron chi connectivity index (χ2n) is 7.50.